The number of nitrogens with two attached hydrogens (primary N) is 1. The number of rotatable bonds is 4. The first-order valence-corrected chi connectivity index (χ1v) is 8.81. The molecule has 0 saturated carbocycles. The Hall–Kier alpha value is -3.33. The number of amides is 1. The topological polar surface area (TPSA) is 112 Å². The molecule has 2 N–H and O–H groups in total. The molecule has 0 unspecified atom stereocenters. The highest BCUT2D eigenvalue weighted by Crippen LogP contribution is 2.32. The highest BCUT2D eigenvalue weighted by Gasteiger charge is 2.33. The maximum absolute atomic E-state index is 13.0. The van der Waals surface area contributed by atoms with Gasteiger partial charge in [0.1, 0.15) is 5.66 Å². The smallest absolute Gasteiger partial charge is 0.316 e. The van der Waals surface area contributed by atoms with E-state index in [1.54, 1.807) is 34.4 Å². The van der Waals surface area contributed by atoms with Crippen LogP contribution in [0.1, 0.15) is 35.5 Å². The van der Waals surface area contributed by atoms with Crippen LogP contribution in [0.4, 0.5) is 5.69 Å². The number of aromatic nitrogens is 5. The SMILES string of the molecule is COc1ncc(-c2cc(C)c3c(n2)CN(c2cnn(C(C)(C)N)c2)C3=O)cn1. The predicted octanol–water partition coefficient (Wildman–Crippen LogP) is 1.86. The summed E-state index contributed by atoms with van der Waals surface area (Å²) in [5.74, 6) is -0.0908. The number of carbonyl (C=O) groups is 1. The van der Waals surface area contributed by atoms with Gasteiger partial charge in [0.25, 0.3) is 5.91 Å². The Bertz CT molecular complexity index is 1050. The molecule has 0 saturated heterocycles. The minimum atomic E-state index is -0.649. The third-order valence-electron chi connectivity index (χ3n) is 4.64. The summed E-state index contributed by atoms with van der Waals surface area (Å²) in [6, 6.07) is 2.17. The van der Waals surface area contributed by atoms with Crippen molar-refractivity contribution >= 4 is 11.6 Å². The lowest BCUT2D eigenvalue weighted by Gasteiger charge is -2.19. The van der Waals surface area contributed by atoms with Gasteiger partial charge in [0.15, 0.2) is 0 Å². The van der Waals surface area contributed by atoms with Gasteiger partial charge in [-0.1, -0.05) is 0 Å². The molecule has 4 rings (SSSR count). The molecule has 1 aliphatic rings. The maximum atomic E-state index is 13.0. The van der Waals surface area contributed by atoms with Crippen molar-refractivity contribution in [2.45, 2.75) is 33.0 Å². The molecule has 9 nitrogen and oxygen atoms in total. The summed E-state index contributed by atoms with van der Waals surface area (Å²) in [7, 11) is 1.51. The van der Waals surface area contributed by atoms with E-state index in [0.29, 0.717) is 29.5 Å². The van der Waals surface area contributed by atoms with Crippen LogP contribution in [0, 0.1) is 6.92 Å². The minimum Gasteiger partial charge on any atom is -0.467 e. The number of hydrogen-bond acceptors (Lipinski definition) is 7. The van der Waals surface area contributed by atoms with E-state index in [0.717, 1.165) is 16.8 Å². The summed E-state index contributed by atoms with van der Waals surface area (Å²) in [4.78, 5) is 27.6. The zero-order valence-corrected chi connectivity index (χ0v) is 16.2. The van der Waals surface area contributed by atoms with Crippen LogP contribution in [0.25, 0.3) is 11.3 Å². The zero-order chi connectivity index (χ0) is 20.1. The number of carbonyl (C=O) groups excluding carboxylic acids is 1. The molecule has 3 aromatic rings. The number of methoxy groups -OCH3 is 1. The molecule has 0 spiro atoms. The normalized spacial score (nSPS) is 13.8. The molecule has 0 aliphatic carbocycles. The minimum absolute atomic E-state index is 0.0908. The van der Waals surface area contributed by atoms with Crippen molar-refractivity contribution in [3.05, 3.63) is 47.7 Å². The van der Waals surface area contributed by atoms with Gasteiger partial charge in [0, 0.05) is 18.0 Å². The van der Waals surface area contributed by atoms with E-state index in [2.05, 4.69) is 20.1 Å². The number of fused-ring (bicyclic) bond motifs is 1. The highest BCUT2D eigenvalue weighted by atomic mass is 16.5. The average molecular weight is 379 g/mol. The van der Waals surface area contributed by atoms with Crippen LogP contribution in [0.2, 0.25) is 0 Å². The molecule has 1 amide bonds. The van der Waals surface area contributed by atoms with E-state index in [1.807, 2.05) is 26.8 Å². The monoisotopic (exact) mass is 379 g/mol. The van der Waals surface area contributed by atoms with Crippen LogP contribution in [0.15, 0.2) is 30.9 Å². The molecule has 9 heteroatoms. The van der Waals surface area contributed by atoms with Crippen molar-refractivity contribution in [1.29, 1.82) is 0 Å². The van der Waals surface area contributed by atoms with Crippen LogP contribution >= 0.6 is 0 Å². The summed E-state index contributed by atoms with van der Waals surface area (Å²) in [6.45, 7) is 5.97. The van der Waals surface area contributed by atoms with Crippen molar-refractivity contribution in [3.63, 3.8) is 0 Å². The molecule has 0 fully saturated rings. The van der Waals surface area contributed by atoms with Crippen molar-refractivity contribution in [1.82, 2.24) is 24.7 Å². The maximum Gasteiger partial charge on any atom is 0.316 e. The Balaban J connectivity index is 1.68. The quantitative estimate of drug-likeness (QED) is 0.736. The molecule has 0 atom stereocenters. The Morgan fingerprint density at radius 2 is 1.93 bits per heavy atom. The third-order valence-corrected chi connectivity index (χ3v) is 4.64. The molecule has 0 bridgehead atoms. The average Bonchev–Trinajstić information content (AvgIpc) is 3.27. The fraction of sp³-hybridized carbons (Fsp3) is 0.316. The van der Waals surface area contributed by atoms with E-state index in [1.165, 1.54) is 7.11 Å². The molecule has 3 aromatic heterocycles. The van der Waals surface area contributed by atoms with Gasteiger partial charge in [0.2, 0.25) is 0 Å². The molecule has 0 aromatic carbocycles. The largest absolute Gasteiger partial charge is 0.467 e. The summed E-state index contributed by atoms with van der Waals surface area (Å²) in [6.07, 6.45) is 6.73. The first-order chi connectivity index (χ1) is 13.3. The third kappa shape index (κ3) is 2.99. The summed E-state index contributed by atoms with van der Waals surface area (Å²) < 4.78 is 6.63. The van der Waals surface area contributed by atoms with Crippen LogP contribution < -0.4 is 15.4 Å². The summed E-state index contributed by atoms with van der Waals surface area (Å²) >= 11 is 0. The Kier molecular flexibility index (Phi) is 4.11. The summed E-state index contributed by atoms with van der Waals surface area (Å²) in [5.41, 5.74) is 9.79. The van der Waals surface area contributed by atoms with E-state index >= 15 is 0 Å². The second-order valence-corrected chi connectivity index (χ2v) is 7.29. The van der Waals surface area contributed by atoms with E-state index in [4.69, 9.17) is 10.5 Å². The van der Waals surface area contributed by atoms with Crippen LogP contribution in [-0.2, 0) is 12.2 Å². The fourth-order valence-corrected chi connectivity index (χ4v) is 3.18. The van der Waals surface area contributed by atoms with Crippen molar-refractivity contribution < 1.29 is 9.53 Å². The first-order valence-electron chi connectivity index (χ1n) is 8.81. The van der Waals surface area contributed by atoms with Crippen molar-refractivity contribution in [2.24, 2.45) is 5.73 Å². The standard InChI is InChI=1S/C19H21N7O2/c1-11-5-14(12-6-21-18(28-4)22-7-12)24-15-10-25(17(27)16(11)15)13-8-23-26(9-13)19(2,3)20/h5-9H,10,20H2,1-4H3. The van der Waals surface area contributed by atoms with Gasteiger partial charge in [-0.25, -0.2) is 15.0 Å². The Labute approximate surface area is 162 Å². The van der Waals surface area contributed by atoms with Crippen LogP contribution in [0.3, 0.4) is 0 Å². The number of nitrogens with zero attached hydrogens (tertiary/aromatic N) is 6. The zero-order valence-electron chi connectivity index (χ0n) is 16.2. The molecule has 0 radical (unpaired) electrons. The predicted molar refractivity (Wildman–Crippen MR) is 103 cm³/mol. The Morgan fingerprint density at radius 1 is 1.21 bits per heavy atom. The van der Waals surface area contributed by atoms with Crippen molar-refractivity contribution in [2.75, 3.05) is 12.0 Å². The molecule has 4 heterocycles. The fourth-order valence-electron chi connectivity index (χ4n) is 3.18. The lowest BCUT2D eigenvalue weighted by Crippen LogP contribution is -2.36. The molecule has 1 aliphatic heterocycles. The molecule has 144 valence electrons. The molecule has 28 heavy (non-hydrogen) atoms. The van der Waals surface area contributed by atoms with Crippen molar-refractivity contribution in [3.8, 4) is 17.3 Å². The van der Waals surface area contributed by atoms with Gasteiger partial charge in [-0.05, 0) is 32.4 Å². The molecular weight excluding hydrogens is 358 g/mol. The number of aryl methyl sites for hydroxylation is 1. The number of hydrogen-bond donors (Lipinski definition) is 1. The Morgan fingerprint density at radius 3 is 2.54 bits per heavy atom. The highest BCUT2D eigenvalue weighted by molar-refractivity contribution is 6.10. The van der Waals surface area contributed by atoms with E-state index in [9.17, 15) is 4.79 Å². The van der Waals surface area contributed by atoms with Crippen LogP contribution in [0.5, 0.6) is 6.01 Å². The van der Waals surface area contributed by atoms with Gasteiger partial charge >= 0.3 is 6.01 Å². The second kappa shape index (κ2) is 6.38. The second-order valence-electron chi connectivity index (χ2n) is 7.29. The first kappa shape index (κ1) is 18.1. The van der Waals surface area contributed by atoms with E-state index in [-0.39, 0.29) is 5.91 Å². The van der Waals surface area contributed by atoms with Gasteiger partial charge in [-0.15, -0.1) is 0 Å². The van der Waals surface area contributed by atoms with Gasteiger partial charge in [-0.3, -0.25) is 14.4 Å². The summed E-state index contributed by atoms with van der Waals surface area (Å²) in [5, 5.41) is 4.28. The molecular formula is C19H21N7O2. The van der Waals surface area contributed by atoms with Gasteiger partial charge in [0.05, 0.1) is 48.7 Å². The number of pyridine rings is 1. The van der Waals surface area contributed by atoms with Gasteiger partial charge in [-0.2, -0.15) is 5.10 Å². The lowest BCUT2D eigenvalue weighted by atomic mass is 10.1. The van der Waals surface area contributed by atoms with Crippen LogP contribution in [-0.4, -0.2) is 37.7 Å². The van der Waals surface area contributed by atoms with Gasteiger partial charge < -0.3 is 10.5 Å². The van der Waals surface area contributed by atoms with E-state index < -0.39 is 5.66 Å². The lowest BCUT2D eigenvalue weighted by molar-refractivity contribution is 0.0996. The number of ether oxygens (including phenoxy) is 1. The number of anilines is 1.